The fourth-order valence-electron chi connectivity index (χ4n) is 0.490. The Morgan fingerprint density at radius 1 is 1.90 bits per heavy atom. The average Bonchev–Trinajstić information content (AvgIpc) is 2.34. The van der Waals surface area contributed by atoms with Crippen LogP contribution in [0.1, 0.15) is 10.5 Å². The maximum Gasteiger partial charge on any atom is 0.270 e. The molecule has 0 aliphatic heterocycles. The molecular formula is C5H5N2OS2. The molecule has 0 unspecified atom stereocenters. The zero-order valence-corrected chi connectivity index (χ0v) is 6.88. The summed E-state index contributed by atoms with van der Waals surface area (Å²) >= 11 is 6.02. The van der Waals surface area contributed by atoms with Gasteiger partial charge in [0.05, 0.1) is 0 Å². The Labute approximate surface area is 67.9 Å². The van der Waals surface area contributed by atoms with Crippen molar-refractivity contribution in [2.75, 3.05) is 7.05 Å². The van der Waals surface area contributed by atoms with Gasteiger partial charge in [0, 0.05) is 12.4 Å². The van der Waals surface area contributed by atoms with Crippen molar-refractivity contribution in [3.63, 3.8) is 0 Å². The van der Waals surface area contributed by atoms with Crippen molar-refractivity contribution in [1.82, 2.24) is 10.3 Å². The molecule has 1 radical (unpaired) electrons. The van der Waals surface area contributed by atoms with Crippen LogP contribution in [0.25, 0.3) is 0 Å². The van der Waals surface area contributed by atoms with Gasteiger partial charge in [-0.1, -0.05) is 0 Å². The first-order valence-electron chi connectivity index (χ1n) is 2.58. The minimum Gasteiger partial charge on any atom is -0.354 e. The van der Waals surface area contributed by atoms with E-state index in [1.165, 1.54) is 11.3 Å². The van der Waals surface area contributed by atoms with E-state index in [4.69, 9.17) is 12.6 Å². The largest absolute Gasteiger partial charge is 0.354 e. The van der Waals surface area contributed by atoms with Gasteiger partial charge in [0.15, 0.2) is 4.34 Å². The molecule has 0 aliphatic carbocycles. The van der Waals surface area contributed by atoms with E-state index in [1.807, 2.05) is 0 Å². The monoisotopic (exact) mass is 173 g/mol. The van der Waals surface area contributed by atoms with Crippen molar-refractivity contribution in [3.8, 4) is 0 Å². The standard InChI is InChI=1S/C5H5N2OS2/c1-6-4(8)3-2-10-5(9)7-3/h2H,1H3,(H,6,8). The Kier molecular flexibility index (Phi) is 2.18. The van der Waals surface area contributed by atoms with E-state index in [9.17, 15) is 4.79 Å². The summed E-state index contributed by atoms with van der Waals surface area (Å²) in [7, 11) is 1.56. The second-order valence-electron chi connectivity index (χ2n) is 1.58. The number of carbonyl (C=O) groups excluding carboxylic acids is 1. The molecule has 53 valence electrons. The summed E-state index contributed by atoms with van der Waals surface area (Å²) in [4.78, 5) is 14.6. The van der Waals surface area contributed by atoms with E-state index in [2.05, 4.69) is 10.3 Å². The minimum absolute atomic E-state index is 0.188. The predicted octanol–water partition coefficient (Wildman–Crippen LogP) is 1.06. The fourth-order valence-corrected chi connectivity index (χ4v) is 1.26. The SMILES string of the molecule is CNC(=O)c1csc([S])n1. The highest BCUT2D eigenvalue weighted by Crippen LogP contribution is 2.12. The van der Waals surface area contributed by atoms with E-state index in [-0.39, 0.29) is 5.91 Å². The molecule has 0 aliphatic rings. The van der Waals surface area contributed by atoms with Crippen LogP contribution in [-0.2, 0) is 0 Å². The van der Waals surface area contributed by atoms with Crippen molar-refractivity contribution in [2.45, 2.75) is 4.34 Å². The summed E-state index contributed by atoms with van der Waals surface area (Å²) < 4.78 is 0.499. The van der Waals surface area contributed by atoms with Crippen LogP contribution in [0.15, 0.2) is 9.72 Å². The molecule has 5 heteroatoms. The van der Waals surface area contributed by atoms with Gasteiger partial charge in [-0.05, 0) is 12.6 Å². The number of nitrogens with one attached hydrogen (secondary N) is 1. The number of carbonyl (C=O) groups is 1. The third kappa shape index (κ3) is 1.43. The normalized spacial score (nSPS) is 9.30. The van der Waals surface area contributed by atoms with E-state index in [1.54, 1.807) is 12.4 Å². The number of hydrogen-bond acceptors (Lipinski definition) is 3. The van der Waals surface area contributed by atoms with Gasteiger partial charge in [-0.25, -0.2) is 4.98 Å². The Morgan fingerprint density at radius 2 is 2.60 bits per heavy atom. The lowest BCUT2D eigenvalue weighted by Crippen LogP contribution is -2.17. The first-order valence-corrected chi connectivity index (χ1v) is 3.87. The highest BCUT2D eigenvalue weighted by atomic mass is 32.2. The fraction of sp³-hybridized carbons (Fsp3) is 0.200. The van der Waals surface area contributed by atoms with Crippen molar-refractivity contribution in [2.24, 2.45) is 0 Å². The molecule has 0 atom stereocenters. The second-order valence-corrected chi connectivity index (χ2v) is 3.08. The van der Waals surface area contributed by atoms with Crippen LogP contribution in [0, 0.1) is 0 Å². The Balaban J connectivity index is 2.85. The Bertz CT molecular complexity index is 246. The minimum atomic E-state index is -0.188. The molecule has 1 heterocycles. The lowest BCUT2D eigenvalue weighted by molar-refractivity contribution is 0.0958. The molecule has 0 aromatic carbocycles. The summed E-state index contributed by atoms with van der Waals surface area (Å²) in [6, 6.07) is 0. The Hall–Kier alpha value is -0.680. The van der Waals surface area contributed by atoms with Gasteiger partial charge >= 0.3 is 0 Å². The quantitative estimate of drug-likeness (QED) is 0.690. The van der Waals surface area contributed by atoms with Gasteiger partial charge in [-0.15, -0.1) is 11.3 Å². The topological polar surface area (TPSA) is 42.0 Å². The van der Waals surface area contributed by atoms with Crippen LogP contribution >= 0.6 is 24.0 Å². The van der Waals surface area contributed by atoms with Gasteiger partial charge in [0.1, 0.15) is 5.69 Å². The number of amides is 1. The van der Waals surface area contributed by atoms with E-state index in [0.717, 1.165) is 0 Å². The average molecular weight is 173 g/mol. The Morgan fingerprint density at radius 3 is 3.00 bits per heavy atom. The van der Waals surface area contributed by atoms with E-state index < -0.39 is 0 Å². The van der Waals surface area contributed by atoms with Crippen molar-refractivity contribution in [1.29, 1.82) is 0 Å². The first kappa shape index (κ1) is 7.43. The molecule has 0 fully saturated rings. The first-order chi connectivity index (χ1) is 4.74. The summed E-state index contributed by atoms with van der Waals surface area (Å²) in [6.45, 7) is 0. The maximum atomic E-state index is 10.8. The lowest BCUT2D eigenvalue weighted by Gasteiger charge is -1.89. The second kappa shape index (κ2) is 2.94. The van der Waals surface area contributed by atoms with Gasteiger partial charge in [0.25, 0.3) is 5.91 Å². The zero-order valence-electron chi connectivity index (χ0n) is 5.25. The highest BCUT2D eigenvalue weighted by molar-refractivity contribution is 7.82. The number of nitrogens with zero attached hydrogens (tertiary/aromatic N) is 1. The van der Waals surface area contributed by atoms with Gasteiger partial charge < -0.3 is 5.32 Å². The molecule has 0 bridgehead atoms. The molecule has 10 heavy (non-hydrogen) atoms. The number of rotatable bonds is 1. The van der Waals surface area contributed by atoms with Crippen molar-refractivity contribution < 1.29 is 4.79 Å². The molecule has 1 amide bonds. The summed E-state index contributed by atoms with van der Waals surface area (Å²) in [5, 5.41) is 4.09. The van der Waals surface area contributed by atoms with Gasteiger partial charge in [-0.2, -0.15) is 0 Å². The van der Waals surface area contributed by atoms with Crippen LogP contribution in [0.4, 0.5) is 0 Å². The van der Waals surface area contributed by atoms with Gasteiger partial charge in [-0.3, -0.25) is 4.79 Å². The summed E-state index contributed by atoms with van der Waals surface area (Å²) in [6.07, 6.45) is 0. The molecule has 0 saturated carbocycles. The third-order valence-corrected chi connectivity index (χ3v) is 1.96. The molecule has 0 spiro atoms. The zero-order chi connectivity index (χ0) is 7.56. The molecular weight excluding hydrogens is 168 g/mol. The number of thiazole rings is 1. The highest BCUT2D eigenvalue weighted by Gasteiger charge is 2.05. The van der Waals surface area contributed by atoms with Crippen LogP contribution in [0.5, 0.6) is 0 Å². The van der Waals surface area contributed by atoms with Gasteiger partial charge in [0.2, 0.25) is 0 Å². The van der Waals surface area contributed by atoms with Crippen LogP contribution in [0.2, 0.25) is 0 Å². The van der Waals surface area contributed by atoms with Crippen LogP contribution in [-0.4, -0.2) is 17.9 Å². The molecule has 0 saturated heterocycles. The van der Waals surface area contributed by atoms with Crippen LogP contribution < -0.4 is 5.32 Å². The number of aromatic nitrogens is 1. The molecule has 1 aromatic heterocycles. The van der Waals surface area contributed by atoms with Crippen molar-refractivity contribution >= 4 is 29.9 Å². The third-order valence-electron chi connectivity index (χ3n) is 0.943. The summed E-state index contributed by atoms with van der Waals surface area (Å²) in [5.74, 6) is -0.188. The maximum absolute atomic E-state index is 10.8. The smallest absolute Gasteiger partial charge is 0.270 e. The molecule has 1 rings (SSSR count). The van der Waals surface area contributed by atoms with E-state index in [0.29, 0.717) is 10.0 Å². The van der Waals surface area contributed by atoms with E-state index >= 15 is 0 Å². The molecule has 1 aromatic rings. The molecule has 3 nitrogen and oxygen atoms in total. The molecule has 1 N–H and O–H groups in total. The van der Waals surface area contributed by atoms with Crippen molar-refractivity contribution in [3.05, 3.63) is 11.1 Å². The lowest BCUT2D eigenvalue weighted by atomic mass is 10.5. The predicted molar refractivity (Wildman–Crippen MR) is 41.4 cm³/mol. The summed E-state index contributed by atoms with van der Waals surface area (Å²) in [5.41, 5.74) is 0.400. The number of hydrogen-bond donors (Lipinski definition) is 1. The van der Waals surface area contributed by atoms with Crippen LogP contribution in [0.3, 0.4) is 0 Å².